The van der Waals surface area contributed by atoms with Gasteiger partial charge in [0.2, 0.25) is 0 Å². The molecule has 0 bridgehead atoms. The molecule has 2 aromatic rings. The molecular weight excluding hydrogens is 324 g/mol. The maximum atomic E-state index is 12.5. The Morgan fingerprint density at radius 1 is 0.636 bits per heavy atom. The molecule has 0 spiro atoms. The molecule has 7 heteroatoms. The predicted molar refractivity (Wildman–Crippen MR) is 81.5 cm³/mol. The fraction of sp³-hybridized carbons (Fsp3) is 0.133. The van der Waals surface area contributed by atoms with Crippen molar-refractivity contribution in [3.05, 3.63) is 47.5 Å². The van der Waals surface area contributed by atoms with Crippen LogP contribution in [0.1, 0.15) is 15.9 Å². The van der Waals surface area contributed by atoms with Crippen molar-refractivity contribution in [1.82, 2.24) is 0 Å². The molecule has 0 N–H and O–H groups in total. The van der Waals surface area contributed by atoms with Crippen LogP contribution in [-0.4, -0.2) is 35.1 Å². The lowest BCUT2D eigenvalue weighted by atomic mass is 10.1. The van der Waals surface area contributed by atoms with Gasteiger partial charge in [-0.1, -0.05) is 12.1 Å². The molecule has 1 aliphatic rings. The molecule has 2 aromatic carbocycles. The summed E-state index contributed by atoms with van der Waals surface area (Å²) in [6.45, 7) is 0. The van der Waals surface area contributed by atoms with E-state index in [2.05, 4.69) is 0 Å². The first-order chi connectivity index (χ1) is 10.1. The molecule has 0 atom stereocenters. The van der Waals surface area contributed by atoms with Gasteiger partial charge in [-0.2, -0.15) is 0 Å². The number of carbonyl (C=O) groups is 1. The summed E-state index contributed by atoms with van der Waals surface area (Å²) < 4.78 is 46.4. The van der Waals surface area contributed by atoms with Gasteiger partial charge in [0.1, 0.15) is 0 Å². The van der Waals surface area contributed by atoms with Crippen LogP contribution in [0, 0.1) is 0 Å². The quantitative estimate of drug-likeness (QED) is 0.711. The molecule has 0 radical (unpaired) electrons. The number of fused-ring (bicyclic) bond motifs is 3. The van der Waals surface area contributed by atoms with Crippen LogP contribution >= 0.6 is 0 Å². The highest BCUT2D eigenvalue weighted by atomic mass is 32.2. The van der Waals surface area contributed by atoms with Crippen LogP contribution in [-0.2, 0) is 19.7 Å². The van der Waals surface area contributed by atoms with Gasteiger partial charge < -0.3 is 0 Å². The smallest absolute Gasteiger partial charge is 0.194 e. The van der Waals surface area contributed by atoms with Crippen LogP contribution in [0.5, 0.6) is 0 Å². The molecule has 0 amide bonds. The lowest BCUT2D eigenvalue weighted by Gasteiger charge is -2.03. The van der Waals surface area contributed by atoms with E-state index in [1.807, 2.05) is 0 Å². The molecule has 0 saturated carbocycles. The molecule has 22 heavy (non-hydrogen) atoms. The van der Waals surface area contributed by atoms with Crippen LogP contribution in [0.2, 0.25) is 0 Å². The third kappa shape index (κ3) is 2.26. The molecule has 5 nitrogen and oxygen atoms in total. The highest BCUT2D eigenvalue weighted by Gasteiger charge is 2.29. The van der Waals surface area contributed by atoms with Crippen molar-refractivity contribution >= 4 is 25.5 Å². The molecule has 1 aliphatic carbocycles. The van der Waals surface area contributed by atoms with Gasteiger partial charge in [0.25, 0.3) is 0 Å². The van der Waals surface area contributed by atoms with Crippen molar-refractivity contribution in [3.63, 3.8) is 0 Å². The van der Waals surface area contributed by atoms with E-state index in [-0.39, 0.29) is 26.7 Å². The topological polar surface area (TPSA) is 85.3 Å². The average Bonchev–Trinajstić information content (AvgIpc) is 2.70. The summed E-state index contributed by atoms with van der Waals surface area (Å²) in [7, 11) is -6.83. The Labute approximate surface area is 128 Å². The molecule has 0 heterocycles. The minimum Gasteiger partial charge on any atom is -0.289 e. The number of ketones is 1. The Hall–Kier alpha value is -1.99. The SMILES string of the molecule is CS(=O)(=O)c1ccc2c(c1)C(=O)c1cc(S(C)(=O)=O)ccc1-2. The van der Waals surface area contributed by atoms with Crippen molar-refractivity contribution in [3.8, 4) is 11.1 Å². The van der Waals surface area contributed by atoms with Gasteiger partial charge in [-0.25, -0.2) is 16.8 Å². The third-order valence-corrected chi connectivity index (χ3v) is 5.84. The van der Waals surface area contributed by atoms with E-state index in [1.165, 1.54) is 24.3 Å². The van der Waals surface area contributed by atoms with E-state index in [0.29, 0.717) is 11.1 Å². The summed E-state index contributed by atoms with van der Waals surface area (Å²) in [4.78, 5) is 12.6. The van der Waals surface area contributed by atoms with E-state index in [1.54, 1.807) is 12.1 Å². The summed E-state index contributed by atoms with van der Waals surface area (Å²) in [5.41, 5.74) is 1.80. The zero-order valence-corrected chi connectivity index (χ0v) is 13.5. The Bertz CT molecular complexity index is 948. The second-order valence-corrected chi connectivity index (χ2v) is 9.32. The van der Waals surface area contributed by atoms with Crippen molar-refractivity contribution in [1.29, 1.82) is 0 Å². The second kappa shape index (κ2) is 4.50. The third-order valence-electron chi connectivity index (χ3n) is 3.62. The number of hydrogen-bond donors (Lipinski definition) is 0. The molecule has 3 rings (SSSR count). The highest BCUT2D eigenvalue weighted by molar-refractivity contribution is 7.91. The van der Waals surface area contributed by atoms with Crippen molar-refractivity contribution in [2.24, 2.45) is 0 Å². The fourth-order valence-corrected chi connectivity index (χ4v) is 3.79. The second-order valence-electron chi connectivity index (χ2n) is 5.29. The predicted octanol–water partition coefficient (Wildman–Crippen LogP) is 1.71. The van der Waals surface area contributed by atoms with Crippen molar-refractivity contribution in [2.75, 3.05) is 12.5 Å². The summed E-state index contributed by atoms with van der Waals surface area (Å²) in [5.74, 6) is -0.360. The minimum atomic E-state index is -3.41. The average molecular weight is 336 g/mol. The summed E-state index contributed by atoms with van der Waals surface area (Å²) in [6.07, 6.45) is 2.14. The van der Waals surface area contributed by atoms with Gasteiger partial charge in [0.05, 0.1) is 9.79 Å². The first-order valence-corrected chi connectivity index (χ1v) is 10.1. The van der Waals surface area contributed by atoms with Gasteiger partial charge in [0, 0.05) is 23.6 Å². The van der Waals surface area contributed by atoms with Crippen LogP contribution in [0.4, 0.5) is 0 Å². The van der Waals surface area contributed by atoms with Gasteiger partial charge in [-0.05, 0) is 35.4 Å². The monoisotopic (exact) mass is 336 g/mol. The van der Waals surface area contributed by atoms with Gasteiger partial charge in [-0.15, -0.1) is 0 Å². The Morgan fingerprint density at radius 3 is 1.32 bits per heavy atom. The van der Waals surface area contributed by atoms with E-state index in [9.17, 15) is 21.6 Å². The zero-order chi connectivity index (χ0) is 16.3. The largest absolute Gasteiger partial charge is 0.289 e. The maximum Gasteiger partial charge on any atom is 0.194 e. The summed E-state index contributed by atoms with van der Waals surface area (Å²) in [5, 5.41) is 0. The number of rotatable bonds is 2. The minimum absolute atomic E-state index is 0.0655. The molecule has 114 valence electrons. The Balaban J connectivity index is 2.24. The molecule has 0 fully saturated rings. The van der Waals surface area contributed by atoms with Gasteiger partial charge in [0.15, 0.2) is 25.5 Å². The zero-order valence-electron chi connectivity index (χ0n) is 11.8. The van der Waals surface area contributed by atoms with E-state index in [0.717, 1.165) is 12.5 Å². The van der Waals surface area contributed by atoms with E-state index >= 15 is 0 Å². The number of carbonyl (C=O) groups excluding carboxylic acids is 1. The van der Waals surface area contributed by atoms with Crippen LogP contribution in [0.3, 0.4) is 0 Å². The van der Waals surface area contributed by atoms with Crippen LogP contribution in [0.25, 0.3) is 11.1 Å². The fourth-order valence-electron chi connectivity index (χ4n) is 2.50. The molecule has 0 saturated heterocycles. The maximum absolute atomic E-state index is 12.5. The van der Waals surface area contributed by atoms with Crippen LogP contribution in [0.15, 0.2) is 46.2 Å². The lowest BCUT2D eigenvalue weighted by molar-refractivity contribution is 0.104. The van der Waals surface area contributed by atoms with E-state index in [4.69, 9.17) is 0 Å². The lowest BCUT2D eigenvalue weighted by Crippen LogP contribution is -2.02. The van der Waals surface area contributed by atoms with Crippen LogP contribution < -0.4 is 0 Å². The normalized spacial score (nSPS) is 13.8. The number of hydrogen-bond acceptors (Lipinski definition) is 5. The molecule has 0 aromatic heterocycles. The van der Waals surface area contributed by atoms with E-state index < -0.39 is 19.7 Å². The molecular formula is C15H12O5S2. The van der Waals surface area contributed by atoms with Crippen molar-refractivity contribution < 1.29 is 21.6 Å². The standard InChI is InChI=1S/C15H12O5S2/c1-21(17,18)9-3-5-11-12-6-4-10(22(2,19)20)8-14(12)15(16)13(11)7-9/h3-8H,1-2H3. The Morgan fingerprint density at radius 2 is 1.00 bits per heavy atom. The van der Waals surface area contributed by atoms with Crippen molar-refractivity contribution in [2.45, 2.75) is 9.79 Å². The number of benzene rings is 2. The molecule has 0 aliphatic heterocycles. The summed E-state index contributed by atoms with van der Waals surface area (Å²) >= 11 is 0. The molecule has 0 unspecified atom stereocenters. The highest BCUT2D eigenvalue weighted by Crippen LogP contribution is 2.38. The first kappa shape index (κ1) is 14.9. The Kier molecular flexibility index (Phi) is 3.05. The first-order valence-electron chi connectivity index (χ1n) is 6.32. The summed E-state index contributed by atoms with van der Waals surface area (Å²) in [6, 6.07) is 8.73. The van der Waals surface area contributed by atoms with Gasteiger partial charge in [-0.3, -0.25) is 4.79 Å². The van der Waals surface area contributed by atoms with Gasteiger partial charge >= 0.3 is 0 Å². The number of sulfone groups is 2.